The number of nitrogens with one attached hydrogen (secondary N) is 2. The smallest absolute Gasteiger partial charge is 0.269 e. The van der Waals surface area contributed by atoms with Gasteiger partial charge >= 0.3 is 0 Å². The highest BCUT2D eigenvalue weighted by molar-refractivity contribution is 5.93. The third-order valence-corrected chi connectivity index (χ3v) is 2.43. The maximum Gasteiger partial charge on any atom is 0.269 e. The van der Waals surface area contributed by atoms with Crippen LogP contribution in [0.15, 0.2) is 36.7 Å². The van der Waals surface area contributed by atoms with E-state index in [2.05, 4.69) is 25.8 Å². The molecule has 0 aromatic carbocycles. The molecule has 0 unspecified atom stereocenters. The van der Waals surface area contributed by atoms with Gasteiger partial charge in [-0.3, -0.25) is 9.78 Å². The van der Waals surface area contributed by atoms with E-state index in [1.807, 2.05) is 19.1 Å². The molecule has 2 N–H and O–H groups in total. The van der Waals surface area contributed by atoms with Crippen LogP contribution in [0.4, 0.5) is 5.69 Å². The lowest BCUT2D eigenvalue weighted by atomic mass is 10.3. The summed E-state index contributed by atoms with van der Waals surface area (Å²) in [6.07, 6.45) is 3.23. The largest absolute Gasteiger partial charge is 0.379 e. The molecule has 2 heterocycles. The molecule has 6 heteroatoms. The number of rotatable bonds is 5. The van der Waals surface area contributed by atoms with Crippen molar-refractivity contribution >= 4 is 11.6 Å². The minimum atomic E-state index is -0.175. The standard InChI is InChI=1S/C13H15N5O/c1-2-14-13(19)12-8-10(5-7-15-12)16-9-11-4-3-6-17-18-11/h3-8H,2,9H2,1H3,(H,14,19)(H,15,16). The van der Waals surface area contributed by atoms with Crippen LogP contribution in [0.5, 0.6) is 0 Å². The molecule has 2 rings (SSSR count). The van der Waals surface area contributed by atoms with Crippen molar-refractivity contribution in [1.29, 1.82) is 0 Å². The fraction of sp³-hybridized carbons (Fsp3) is 0.231. The Morgan fingerprint density at radius 2 is 2.21 bits per heavy atom. The summed E-state index contributed by atoms with van der Waals surface area (Å²) in [6, 6.07) is 7.23. The summed E-state index contributed by atoms with van der Waals surface area (Å²) >= 11 is 0. The first-order valence-corrected chi connectivity index (χ1v) is 6.04. The quantitative estimate of drug-likeness (QED) is 0.842. The van der Waals surface area contributed by atoms with Gasteiger partial charge in [0, 0.05) is 24.6 Å². The Kier molecular flexibility index (Phi) is 4.39. The lowest BCUT2D eigenvalue weighted by molar-refractivity contribution is 0.0951. The lowest BCUT2D eigenvalue weighted by Crippen LogP contribution is -2.23. The van der Waals surface area contributed by atoms with Crippen molar-refractivity contribution < 1.29 is 4.79 Å². The van der Waals surface area contributed by atoms with Gasteiger partial charge in [-0.05, 0) is 31.2 Å². The number of carbonyl (C=O) groups excluding carboxylic acids is 1. The highest BCUT2D eigenvalue weighted by Crippen LogP contribution is 2.09. The first-order valence-electron chi connectivity index (χ1n) is 6.04. The van der Waals surface area contributed by atoms with Gasteiger partial charge in [0.2, 0.25) is 0 Å². The molecule has 0 spiro atoms. The zero-order valence-corrected chi connectivity index (χ0v) is 10.6. The van der Waals surface area contributed by atoms with Crippen LogP contribution in [0.2, 0.25) is 0 Å². The minimum absolute atomic E-state index is 0.175. The number of amides is 1. The molecule has 6 nitrogen and oxygen atoms in total. The van der Waals surface area contributed by atoms with E-state index in [0.717, 1.165) is 11.4 Å². The molecule has 0 fully saturated rings. The molecular weight excluding hydrogens is 242 g/mol. The summed E-state index contributed by atoms with van der Waals surface area (Å²) in [5.41, 5.74) is 2.05. The predicted molar refractivity (Wildman–Crippen MR) is 71.6 cm³/mol. The van der Waals surface area contributed by atoms with Gasteiger partial charge in [0.1, 0.15) is 5.69 Å². The zero-order chi connectivity index (χ0) is 13.5. The molecule has 0 aliphatic rings. The van der Waals surface area contributed by atoms with Gasteiger partial charge in [0.25, 0.3) is 5.91 Å². The van der Waals surface area contributed by atoms with Crippen molar-refractivity contribution in [2.24, 2.45) is 0 Å². The first-order chi connectivity index (χ1) is 9.29. The monoisotopic (exact) mass is 257 g/mol. The predicted octanol–water partition coefficient (Wildman–Crippen LogP) is 1.23. The summed E-state index contributed by atoms with van der Waals surface area (Å²) in [5, 5.41) is 13.7. The minimum Gasteiger partial charge on any atom is -0.379 e. The molecule has 0 bridgehead atoms. The Balaban J connectivity index is 2.01. The van der Waals surface area contributed by atoms with Crippen molar-refractivity contribution in [3.05, 3.63) is 48.0 Å². The van der Waals surface area contributed by atoms with E-state index in [1.54, 1.807) is 24.5 Å². The Morgan fingerprint density at radius 3 is 2.95 bits per heavy atom. The van der Waals surface area contributed by atoms with E-state index in [0.29, 0.717) is 18.8 Å². The number of aromatic nitrogens is 3. The van der Waals surface area contributed by atoms with Gasteiger partial charge in [0.05, 0.1) is 12.2 Å². The molecule has 0 saturated carbocycles. The second-order valence-corrected chi connectivity index (χ2v) is 3.86. The van der Waals surface area contributed by atoms with Crippen LogP contribution in [0, 0.1) is 0 Å². The molecule has 0 atom stereocenters. The van der Waals surface area contributed by atoms with E-state index in [-0.39, 0.29) is 5.91 Å². The maximum absolute atomic E-state index is 11.6. The average Bonchev–Trinajstić information content (AvgIpc) is 2.47. The molecular formula is C13H15N5O. The molecule has 0 saturated heterocycles. The fourth-order valence-electron chi connectivity index (χ4n) is 1.54. The Morgan fingerprint density at radius 1 is 1.32 bits per heavy atom. The Labute approximate surface area is 111 Å². The molecule has 0 aliphatic heterocycles. The number of anilines is 1. The maximum atomic E-state index is 11.6. The Hall–Kier alpha value is -2.50. The van der Waals surface area contributed by atoms with Crippen LogP contribution in [0.25, 0.3) is 0 Å². The summed E-state index contributed by atoms with van der Waals surface area (Å²) in [5.74, 6) is -0.175. The van der Waals surface area contributed by atoms with E-state index >= 15 is 0 Å². The zero-order valence-electron chi connectivity index (χ0n) is 10.6. The fourth-order valence-corrected chi connectivity index (χ4v) is 1.54. The van der Waals surface area contributed by atoms with E-state index in [1.165, 1.54) is 0 Å². The van der Waals surface area contributed by atoms with Crippen LogP contribution >= 0.6 is 0 Å². The summed E-state index contributed by atoms with van der Waals surface area (Å²) in [4.78, 5) is 15.7. The van der Waals surface area contributed by atoms with Crippen LogP contribution in [-0.4, -0.2) is 27.6 Å². The second-order valence-electron chi connectivity index (χ2n) is 3.86. The van der Waals surface area contributed by atoms with Gasteiger partial charge < -0.3 is 10.6 Å². The first kappa shape index (κ1) is 12.9. The van der Waals surface area contributed by atoms with Gasteiger partial charge in [-0.25, -0.2) is 0 Å². The highest BCUT2D eigenvalue weighted by Gasteiger charge is 2.06. The topological polar surface area (TPSA) is 79.8 Å². The van der Waals surface area contributed by atoms with Crippen LogP contribution in [-0.2, 0) is 6.54 Å². The van der Waals surface area contributed by atoms with Crippen LogP contribution in [0.3, 0.4) is 0 Å². The summed E-state index contributed by atoms with van der Waals surface area (Å²) in [7, 11) is 0. The number of nitrogens with zero attached hydrogens (tertiary/aromatic N) is 3. The van der Waals surface area contributed by atoms with Gasteiger partial charge in [-0.15, -0.1) is 0 Å². The van der Waals surface area contributed by atoms with Gasteiger partial charge in [-0.1, -0.05) is 0 Å². The Bertz CT molecular complexity index is 544. The van der Waals surface area contributed by atoms with E-state index < -0.39 is 0 Å². The third-order valence-electron chi connectivity index (χ3n) is 2.43. The second kappa shape index (κ2) is 6.44. The van der Waals surface area contributed by atoms with Crippen LogP contribution in [0.1, 0.15) is 23.1 Å². The highest BCUT2D eigenvalue weighted by atomic mass is 16.1. The summed E-state index contributed by atoms with van der Waals surface area (Å²) < 4.78 is 0. The van der Waals surface area contributed by atoms with Gasteiger partial charge in [0.15, 0.2) is 0 Å². The average molecular weight is 257 g/mol. The number of hydrogen-bond acceptors (Lipinski definition) is 5. The number of pyridine rings is 1. The van der Waals surface area contributed by atoms with Crippen molar-refractivity contribution in [3.8, 4) is 0 Å². The van der Waals surface area contributed by atoms with Crippen molar-refractivity contribution in [2.45, 2.75) is 13.5 Å². The van der Waals surface area contributed by atoms with Crippen molar-refractivity contribution in [1.82, 2.24) is 20.5 Å². The van der Waals surface area contributed by atoms with E-state index in [4.69, 9.17) is 0 Å². The lowest BCUT2D eigenvalue weighted by Gasteiger charge is -2.07. The molecule has 1 amide bonds. The molecule has 98 valence electrons. The molecule has 0 radical (unpaired) electrons. The SMILES string of the molecule is CCNC(=O)c1cc(NCc2cccnn2)ccn1. The van der Waals surface area contributed by atoms with E-state index in [9.17, 15) is 4.79 Å². The normalized spacial score (nSPS) is 9.95. The summed E-state index contributed by atoms with van der Waals surface area (Å²) in [6.45, 7) is 3.00. The van der Waals surface area contributed by atoms with Crippen molar-refractivity contribution in [2.75, 3.05) is 11.9 Å². The van der Waals surface area contributed by atoms with Crippen molar-refractivity contribution in [3.63, 3.8) is 0 Å². The number of carbonyl (C=O) groups is 1. The molecule has 0 aliphatic carbocycles. The molecule has 19 heavy (non-hydrogen) atoms. The third kappa shape index (κ3) is 3.74. The van der Waals surface area contributed by atoms with Gasteiger partial charge in [-0.2, -0.15) is 10.2 Å². The van der Waals surface area contributed by atoms with Crippen LogP contribution < -0.4 is 10.6 Å². The molecule has 2 aromatic rings. The number of hydrogen-bond donors (Lipinski definition) is 2. The molecule has 2 aromatic heterocycles.